The van der Waals surface area contributed by atoms with Gasteiger partial charge in [-0.2, -0.15) is 15.6 Å². The van der Waals surface area contributed by atoms with Gasteiger partial charge in [-0.1, -0.05) is 18.2 Å². The molecule has 0 N–H and O–H groups in total. The molecule has 4 rings (SSSR count). The van der Waals surface area contributed by atoms with Crippen LogP contribution in [0.3, 0.4) is 0 Å². The Balaban J connectivity index is 1.60. The van der Waals surface area contributed by atoms with Crippen LogP contribution in [-0.4, -0.2) is 38.3 Å². The molecule has 0 saturated carbocycles. The summed E-state index contributed by atoms with van der Waals surface area (Å²) < 4.78 is 27.2. The van der Waals surface area contributed by atoms with E-state index in [4.69, 9.17) is 0 Å². The molecule has 1 atom stereocenters. The summed E-state index contributed by atoms with van der Waals surface area (Å²) in [7, 11) is -3.51. The number of sulfonamides is 1. The number of amides is 1. The second kappa shape index (κ2) is 6.23. The third kappa shape index (κ3) is 2.80. The molecule has 132 valence electrons. The van der Waals surface area contributed by atoms with E-state index in [0.717, 1.165) is 18.5 Å². The van der Waals surface area contributed by atoms with Crippen molar-refractivity contribution in [3.8, 4) is 0 Å². The van der Waals surface area contributed by atoms with E-state index in [9.17, 15) is 13.2 Å². The Morgan fingerprint density at radius 3 is 2.56 bits per heavy atom. The maximum absolute atomic E-state index is 13.1. The highest BCUT2D eigenvalue weighted by Crippen LogP contribution is 2.43. The van der Waals surface area contributed by atoms with Crippen molar-refractivity contribution in [2.24, 2.45) is 5.41 Å². The van der Waals surface area contributed by atoms with Crippen LogP contribution < -0.4 is 4.90 Å². The normalized spacial score (nSPS) is 25.0. The average Bonchev–Trinajstić information content (AvgIpc) is 3.27. The van der Waals surface area contributed by atoms with Crippen molar-refractivity contribution in [2.75, 3.05) is 24.5 Å². The number of carbonyl (C=O) groups is 1. The molecule has 0 radical (unpaired) electrons. The molecule has 25 heavy (non-hydrogen) atoms. The summed E-state index contributed by atoms with van der Waals surface area (Å²) in [4.78, 5) is 15.3. The molecule has 1 unspecified atom stereocenters. The van der Waals surface area contributed by atoms with E-state index in [2.05, 4.69) is 0 Å². The van der Waals surface area contributed by atoms with Crippen molar-refractivity contribution in [1.82, 2.24) is 4.31 Å². The second-order valence-electron chi connectivity index (χ2n) is 6.72. The van der Waals surface area contributed by atoms with Crippen LogP contribution in [0.1, 0.15) is 19.3 Å². The summed E-state index contributed by atoms with van der Waals surface area (Å²) in [6.45, 7) is 1.42. The van der Waals surface area contributed by atoms with Crippen molar-refractivity contribution in [3.05, 3.63) is 47.2 Å². The molecule has 1 aromatic heterocycles. The Morgan fingerprint density at radius 2 is 1.84 bits per heavy atom. The molecule has 7 heteroatoms. The van der Waals surface area contributed by atoms with Crippen LogP contribution >= 0.6 is 11.3 Å². The topological polar surface area (TPSA) is 57.7 Å². The van der Waals surface area contributed by atoms with E-state index in [1.54, 1.807) is 21.7 Å². The van der Waals surface area contributed by atoms with Crippen LogP contribution in [0, 0.1) is 5.41 Å². The zero-order valence-corrected chi connectivity index (χ0v) is 15.4. The monoisotopic (exact) mass is 376 g/mol. The standard InChI is InChI=1S/C18H20N2O3S2/c21-17-18(9-11-20(17)15-5-2-1-3-6-15)8-4-10-19(14-18)25(22,23)16-7-12-24-13-16/h1-3,5-7,12-13H,4,8-11,14H2. The van der Waals surface area contributed by atoms with Crippen LogP contribution in [0.15, 0.2) is 52.1 Å². The lowest BCUT2D eigenvalue weighted by Crippen LogP contribution is -2.49. The molecule has 0 aliphatic carbocycles. The Morgan fingerprint density at radius 1 is 1.04 bits per heavy atom. The number of rotatable bonds is 3. The molecule has 2 aliphatic rings. The molecule has 1 amide bonds. The maximum Gasteiger partial charge on any atom is 0.243 e. The highest BCUT2D eigenvalue weighted by molar-refractivity contribution is 7.89. The molecule has 1 aromatic carbocycles. The van der Waals surface area contributed by atoms with E-state index in [-0.39, 0.29) is 12.5 Å². The maximum atomic E-state index is 13.1. The van der Waals surface area contributed by atoms with Crippen LogP contribution in [0.2, 0.25) is 0 Å². The Kier molecular flexibility index (Phi) is 4.17. The Bertz CT molecular complexity index is 865. The second-order valence-corrected chi connectivity index (χ2v) is 9.44. The lowest BCUT2D eigenvalue weighted by Gasteiger charge is -2.38. The molecule has 2 aliphatic heterocycles. The van der Waals surface area contributed by atoms with E-state index in [1.807, 2.05) is 30.3 Å². The quantitative estimate of drug-likeness (QED) is 0.828. The fourth-order valence-electron chi connectivity index (χ4n) is 3.90. The zero-order chi connectivity index (χ0) is 17.5. The van der Waals surface area contributed by atoms with Crippen molar-refractivity contribution < 1.29 is 13.2 Å². The number of hydrogen-bond acceptors (Lipinski definition) is 4. The van der Waals surface area contributed by atoms with Gasteiger partial charge in [0.1, 0.15) is 0 Å². The highest BCUT2D eigenvalue weighted by Gasteiger charge is 2.51. The van der Waals surface area contributed by atoms with Crippen LogP contribution in [-0.2, 0) is 14.8 Å². The summed E-state index contributed by atoms with van der Waals surface area (Å²) in [5, 5.41) is 3.42. The van der Waals surface area contributed by atoms with Gasteiger partial charge >= 0.3 is 0 Å². The Hall–Kier alpha value is -1.70. The molecule has 0 bridgehead atoms. The smallest absolute Gasteiger partial charge is 0.243 e. The number of anilines is 1. The fraction of sp³-hybridized carbons (Fsp3) is 0.389. The van der Waals surface area contributed by atoms with Crippen molar-refractivity contribution in [2.45, 2.75) is 24.2 Å². The van der Waals surface area contributed by atoms with Gasteiger partial charge in [-0.05, 0) is 42.8 Å². The van der Waals surface area contributed by atoms with Gasteiger partial charge in [0, 0.05) is 30.7 Å². The van der Waals surface area contributed by atoms with Crippen LogP contribution in [0.25, 0.3) is 0 Å². The first kappa shape index (κ1) is 16.8. The van der Waals surface area contributed by atoms with Gasteiger partial charge in [0.15, 0.2) is 0 Å². The first-order valence-corrected chi connectivity index (χ1v) is 10.8. The van der Waals surface area contributed by atoms with Crippen LogP contribution in [0.5, 0.6) is 0 Å². The molecular formula is C18H20N2O3S2. The summed E-state index contributed by atoms with van der Waals surface area (Å²) in [5.41, 5.74) is 0.305. The number of piperidine rings is 1. The molecule has 2 aromatic rings. The number of carbonyl (C=O) groups excluding carboxylic acids is 1. The first-order chi connectivity index (χ1) is 12.0. The summed E-state index contributed by atoms with van der Waals surface area (Å²) in [5.74, 6) is 0.0592. The minimum absolute atomic E-state index is 0.0592. The van der Waals surface area contributed by atoms with Crippen LogP contribution in [0.4, 0.5) is 5.69 Å². The fourth-order valence-corrected chi connectivity index (χ4v) is 6.48. The lowest BCUT2D eigenvalue weighted by atomic mass is 9.79. The molecular weight excluding hydrogens is 356 g/mol. The molecule has 2 saturated heterocycles. The third-order valence-corrected chi connectivity index (χ3v) is 7.93. The number of hydrogen-bond donors (Lipinski definition) is 0. The van der Waals surface area contributed by atoms with Gasteiger partial charge < -0.3 is 4.90 Å². The van der Waals surface area contributed by atoms with E-state index in [0.29, 0.717) is 24.4 Å². The summed E-state index contributed by atoms with van der Waals surface area (Å²) in [6, 6.07) is 11.3. The van der Waals surface area contributed by atoms with Gasteiger partial charge in [0.2, 0.25) is 15.9 Å². The summed E-state index contributed by atoms with van der Waals surface area (Å²) in [6.07, 6.45) is 2.18. The van der Waals surface area contributed by atoms with E-state index >= 15 is 0 Å². The van der Waals surface area contributed by atoms with Gasteiger partial charge in [-0.25, -0.2) is 8.42 Å². The van der Waals surface area contributed by atoms with Gasteiger partial charge in [0.25, 0.3) is 0 Å². The molecule has 1 spiro atoms. The molecule has 3 heterocycles. The first-order valence-electron chi connectivity index (χ1n) is 8.42. The lowest BCUT2D eigenvalue weighted by molar-refractivity contribution is -0.127. The highest BCUT2D eigenvalue weighted by atomic mass is 32.2. The number of benzene rings is 1. The van der Waals surface area contributed by atoms with Crippen molar-refractivity contribution >= 4 is 33.0 Å². The number of nitrogens with zero attached hydrogens (tertiary/aromatic N) is 2. The van der Waals surface area contributed by atoms with Gasteiger partial charge in [0.05, 0.1) is 10.3 Å². The van der Waals surface area contributed by atoms with Crippen molar-refractivity contribution in [3.63, 3.8) is 0 Å². The largest absolute Gasteiger partial charge is 0.312 e. The minimum atomic E-state index is -3.51. The zero-order valence-electron chi connectivity index (χ0n) is 13.8. The SMILES string of the molecule is O=C1N(c2ccccc2)CCC12CCCN(S(=O)(=O)c1ccsc1)C2. The van der Waals surface area contributed by atoms with Gasteiger partial charge in [-0.15, -0.1) is 0 Å². The summed E-state index contributed by atoms with van der Waals surface area (Å²) >= 11 is 1.37. The predicted octanol–water partition coefficient (Wildman–Crippen LogP) is 2.96. The van der Waals surface area contributed by atoms with Crippen molar-refractivity contribution in [1.29, 1.82) is 0 Å². The number of para-hydroxylation sites is 1. The Labute approximate surface area is 151 Å². The van der Waals surface area contributed by atoms with E-state index in [1.165, 1.54) is 15.6 Å². The number of thiophene rings is 1. The molecule has 5 nitrogen and oxygen atoms in total. The third-order valence-electron chi connectivity index (χ3n) is 5.26. The van der Waals surface area contributed by atoms with Gasteiger partial charge in [-0.3, -0.25) is 4.79 Å². The average molecular weight is 377 g/mol. The molecule has 2 fully saturated rings. The van der Waals surface area contributed by atoms with E-state index < -0.39 is 15.4 Å². The predicted molar refractivity (Wildman–Crippen MR) is 98.2 cm³/mol. The minimum Gasteiger partial charge on any atom is -0.312 e.